The SMILES string of the molecule is CCC(C)S(=O)Cc1cc(C)c(C(=O)O)o1. The van der Waals surface area contributed by atoms with Crippen LogP contribution in [0.4, 0.5) is 0 Å². The Labute approximate surface area is 97.1 Å². The Kier molecular flexibility index (Phi) is 4.29. The van der Waals surface area contributed by atoms with Gasteiger partial charge in [0.15, 0.2) is 0 Å². The second kappa shape index (κ2) is 5.30. The molecule has 1 aromatic heterocycles. The number of rotatable bonds is 5. The van der Waals surface area contributed by atoms with Gasteiger partial charge in [-0.1, -0.05) is 13.8 Å². The third kappa shape index (κ3) is 2.95. The van der Waals surface area contributed by atoms with Gasteiger partial charge in [-0.25, -0.2) is 4.79 Å². The molecule has 0 bridgehead atoms. The predicted octanol–water partition coefficient (Wildman–Crippen LogP) is 2.33. The fourth-order valence-electron chi connectivity index (χ4n) is 1.30. The lowest BCUT2D eigenvalue weighted by atomic mass is 10.3. The molecule has 5 heteroatoms. The van der Waals surface area contributed by atoms with E-state index in [2.05, 4.69) is 0 Å². The quantitative estimate of drug-likeness (QED) is 0.863. The van der Waals surface area contributed by atoms with E-state index in [0.717, 1.165) is 6.42 Å². The number of hydrogen-bond acceptors (Lipinski definition) is 3. The largest absolute Gasteiger partial charge is 0.475 e. The van der Waals surface area contributed by atoms with Crippen molar-refractivity contribution in [3.63, 3.8) is 0 Å². The highest BCUT2D eigenvalue weighted by Gasteiger charge is 2.17. The molecular formula is C11H16O4S. The molecule has 0 aliphatic carbocycles. The zero-order valence-electron chi connectivity index (χ0n) is 9.65. The average Bonchev–Trinajstić information content (AvgIpc) is 2.58. The van der Waals surface area contributed by atoms with Crippen LogP contribution < -0.4 is 0 Å². The van der Waals surface area contributed by atoms with Crippen LogP contribution in [0.2, 0.25) is 0 Å². The van der Waals surface area contributed by atoms with Crippen molar-refractivity contribution in [3.05, 3.63) is 23.2 Å². The lowest BCUT2D eigenvalue weighted by molar-refractivity contribution is 0.0659. The van der Waals surface area contributed by atoms with Crippen LogP contribution in [0, 0.1) is 6.92 Å². The van der Waals surface area contributed by atoms with E-state index in [1.54, 1.807) is 13.0 Å². The van der Waals surface area contributed by atoms with Gasteiger partial charge in [0.2, 0.25) is 5.76 Å². The molecule has 2 atom stereocenters. The molecule has 0 fully saturated rings. The Balaban J connectivity index is 2.79. The Morgan fingerprint density at radius 2 is 2.25 bits per heavy atom. The molecule has 1 aromatic rings. The molecule has 1 N–H and O–H groups in total. The van der Waals surface area contributed by atoms with Crippen molar-refractivity contribution >= 4 is 16.8 Å². The summed E-state index contributed by atoms with van der Waals surface area (Å²) in [6, 6.07) is 1.64. The van der Waals surface area contributed by atoms with Crippen LogP contribution >= 0.6 is 0 Å². The molecule has 90 valence electrons. The van der Waals surface area contributed by atoms with Gasteiger partial charge < -0.3 is 9.52 Å². The second-order valence-electron chi connectivity index (χ2n) is 3.77. The minimum Gasteiger partial charge on any atom is -0.475 e. The highest BCUT2D eigenvalue weighted by atomic mass is 32.2. The van der Waals surface area contributed by atoms with E-state index in [0.29, 0.717) is 11.3 Å². The molecule has 1 rings (SSSR count). The van der Waals surface area contributed by atoms with E-state index in [9.17, 15) is 9.00 Å². The Bertz CT molecular complexity index is 408. The Hall–Kier alpha value is -1.10. The fraction of sp³-hybridized carbons (Fsp3) is 0.545. The number of carboxylic acid groups (broad SMARTS) is 1. The number of aromatic carboxylic acids is 1. The van der Waals surface area contributed by atoms with E-state index < -0.39 is 16.8 Å². The molecule has 0 aromatic carbocycles. The summed E-state index contributed by atoms with van der Waals surface area (Å²) in [6.07, 6.45) is 0.831. The van der Waals surface area contributed by atoms with E-state index in [1.165, 1.54) is 0 Å². The summed E-state index contributed by atoms with van der Waals surface area (Å²) in [7, 11) is -1.01. The van der Waals surface area contributed by atoms with Gasteiger partial charge in [0, 0.05) is 21.6 Å². The normalized spacial score (nSPS) is 14.7. The van der Waals surface area contributed by atoms with Crippen molar-refractivity contribution < 1.29 is 18.5 Å². The molecule has 16 heavy (non-hydrogen) atoms. The van der Waals surface area contributed by atoms with Gasteiger partial charge >= 0.3 is 5.97 Å². The van der Waals surface area contributed by atoms with Crippen LogP contribution in [0.1, 0.15) is 42.1 Å². The predicted molar refractivity (Wildman–Crippen MR) is 62.0 cm³/mol. The highest BCUT2D eigenvalue weighted by molar-refractivity contribution is 7.84. The molecule has 0 saturated carbocycles. The maximum Gasteiger partial charge on any atom is 0.372 e. The van der Waals surface area contributed by atoms with E-state index in [-0.39, 0.29) is 16.8 Å². The lowest BCUT2D eigenvalue weighted by Gasteiger charge is -2.06. The monoisotopic (exact) mass is 244 g/mol. The molecule has 0 aliphatic heterocycles. The zero-order valence-corrected chi connectivity index (χ0v) is 10.5. The first-order chi connectivity index (χ1) is 7.45. The van der Waals surface area contributed by atoms with Gasteiger partial charge in [0.05, 0.1) is 5.75 Å². The first-order valence-corrected chi connectivity index (χ1v) is 6.53. The maximum atomic E-state index is 11.7. The molecular weight excluding hydrogens is 228 g/mol. The van der Waals surface area contributed by atoms with Gasteiger partial charge in [0.1, 0.15) is 5.76 Å². The molecule has 1 heterocycles. The lowest BCUT2D eigenvalue weighted by Crippen LogP contribution is -2.10. The molecule has 0 spiro atoms. The summed E-state index contributed by atoms with van der Waals surface area (Å²) in [5.74, 6) is -0.383. The number of carbonyl (C=O) groups is 1. The molecule has 4 nitrogen and oxygen atoms in total. The number of furan rings is 1. The van der Waals surface area contributed by atoms with Gasteiger partial charge in [-0.15, -0.1) is 0 Å². The summed E-state index contributed by atoms with van der Waals surface area (Å²) in [6.45, 7) is 5.55. The smallest absolute Gasteiger partial charge is 0.372 e. The minimum absolute atomic E-state index is 0.0591. The summed E-state index contributed by atoms with van der Waals surface area (Å²) in [5.41, 5.74) is 0.573. The van der Waals surface area contributed by atoms with Crippen molar-refractivity contribution in [3.8, 4) is 0 Å². The maximum absolute atomic E-state index is 11.7. The van der Waals surface area contributed by atoms with E-state index in [1.807, 2.05) is 13.8 Å². The summed E-state index contributed by atoms with van der Waals surface area (Å²) in [5, 5.41) is 8.89. The molecule has 0 radical (unpaired) electrons. The topological polar surface area (TPSA) is 67.5 Å². The van der Waals surface area contributed by atoms with Crippen molar-refractivity contribution in [1.82, 2.24) is 0 Å². The molecule has 0 aliphatic rings. The standard InChI is InChI=1S/C11H16O4S/c1-4-8(3)16(14)6-9-5-7(2)10(15-9)11(12)13/h5,8H,4,6H2,1-3H3,(H,12,13). The third-order valence-corrected chi connectivity index (χ3v) is 4.27. The van der Waals surface area contributed by atoms with Crippen molar-refractivity contribution in [2.24, 2.45) is 0 Å². The van der Waals surface area contributed by atoms with Crippen molar-refractivity contribution in [2.45, 2.75) is 38.2 Å². The van der Waals surface area contributed by atoms with E-state index >= 15 is 0 Å². The second-order valence-corrected chi connectivity index (χ2v) is 5.63. The van der Waals surface area contributed by atoms with Gasteiger partial charge in [-0.2, -0.15) is 0 Å². The Morgan fingerprint density at radius 1 is 1.62 bits per heavy atom. The summed E-state index contributed by atoms with van der Waals surface area (Å²) >= 11 is 0. The van der Waals surface area contributed by atoms with E-state index in [4.69, 9.17) is 9.52 Å². The Morgan fingerprint density at radius 3 is 2.69 bits per heavy atom. The van der Waals surface area contributed by atoms with Crippen molar-refractivity contribution in [2.75, 3.05) is 0 Å². The summed E-state index contributed by atoms with van der Waals surface area (Å²) < 4.78 is 16.9. The molecule has 0 saturated heterocycles. The van der Waals surface area contributed by atoms with Crippen molar-refractivity contribution in [1.29, 1.82) is 0 Å². The first kappa shape index (κ1) is 13.0. The minimum atomic E-state index is -1.09. The highest BCUT2D eigenvalue weighted by Crippen LogP contribution is 2.17. The van der Waals surface area contributed by atoms with Crippen LogP contribution in [-0.4, -0.2) is 20.5 Å². The van der Waals surface area contributed by atoms with Crippen LogP contribution in [-0.2, 0) is 16.6 Å². The first-order valence-electron chi connectivity index (χ1n) is 5.15. The van der Waals surface area contributed by atoms with Crippen LogP contribution in [0.15, 0.2) is 10.5 Å². The molecule has 2 unspecified atom stereocenters. The fourth-order valence-corrected chi connectivity index (χ4v) is 2.38. The van der Waals surface area contributed by atoms with Gasteiger partial charge in [0.25, 0.3) is 0 Å². The average molecular weight is 244 g/mol. The van der Waals surface area contributed by atoms with Crippen LogP contribution in [0.25, 0.3) is 0 Å². The zero-order chi connectivity index (χ0) is 12.3. The van der Waals surface area contributed by atoms with Gasteiger partial charge in [-0.3, -0.25) is 4.21 Å². The molecule has 0 amide bonds. The number of aryl methyl sites for hydroxylation is 1. The third-order valence-electron chi connectivity index (χ3n) is 2.47. The van der Waals surface area contributed by atoms with Crippen LogP contribution in [0.3, 0.4) is 0 Å². The number of hydrogen-bond donors (Lipinski definition) is 1. The summed E-state index contributed by atoms with van der Waals surface area (Å²) in [4.78, 5) is 10.7. The van der Waals surface area contributed by atoms with Gasteiger partial charge in [-0.05, 0) is 19.4 Å². The number of carboxylic acids is 1. The van der Waals surface area contributed by atoms with Crippen LogP contribution in [0.5, 0.6) is 0 Å².